The number of anilines is 1. The van der Waals surface area contributed by atoms with Crippen molar-refractivity contribution in [2.45, 2.75) is 17.5 Å². The number of hydrogen-bond donors (Lipinski definition) is 0. The molecule has 0 bridgehead atoms. The predicted octanol–water partition coefficient (Wildman–Crippen LogP) is 4.50. The van der Waals surface area contributed by atoms with Crippen molar-refractivity contribution in [3.63, 3.8) is 0 Å². The van der Waals surface area contributed by atoms with Gasteiger partial charge in [0.1, 0.15) is 11.5 Å². The lowest BCUT2D eigenvalue weighted by molar-refractivity contribution is -0.131. The topological polar surface area (TPSA) is 55.8 Å². The smallest absolute Gasteiger partial charge is 0.390 e. The van der Waals surface area contributed by atoms with Gasteiger partial charge in [0, 0.05) is 6.54 Å². The lowest BCUT2D eigenvalue weighted by Gasteiger charge is -2.25. The maximum Gasteiger partial charge on any atom is 0.390 e. The number of halogens is 4. The number of hydrogen-bond acceptors (Lipinski definition) is 4. The normalized spacial score (nSPS) is 11.9. The third-order valence-electron chi connectivity index (χ3n) is 3.67. The van der Waals surface area contributed by atoms with Crippen LogP contribution in [0.15, 0.2) is 47.4 Å². The van der Waals surface area contributed by atoms with E-state index >= 15 is 0 Å². The van der Waals surface area contributed by atoms with Gasteiger partial charge in [-0.05, 0) is 42.5 Å². The molecule has 0 radical (unpaired) electrons. The Hall–Kier alpha value is -2.13. The van der Waals surface area contributed by atoms with E-state index in [0.29, 0.717) is 10.1 Å². The molecule has 148 valence electrons. The third kappa shape index (κ3) is 5.20. The van der Waals surface area contributed by atoms with Crippen molar-refractivity contribution < 1.29 is 31.1 Å². The Balaban J connectivity index is 2.48. The first-order valence-corrected chi connectivity index (χ1v) is 9.47. The molecule has 10 heteroatoms. The van der Waals surface area contributed by atoms with Crippen LogP contribution in [0.25, 0.3) is 0 Å². The molecule has 0 aromatic heterocycles. The summed E-state index contributed by atoms with van der Waals surface area (Å²) >= 11 is 6.01. The van der Waals surface area contributed by atoms with Gasteiger partial charge < -0.3 is 9.47 Å². The molecule has 0 spiro atoms. The molecule has 0 aliphatic carbocycles. The number of benzene rings is 2. The fourth-order valence-corrected chi connectivity index (χ4v) is 4.01. The molecule has 0 aliphatic rings. The molecule has 0 saturated carbocycles. The number of nitrogens with zero attached hydrogens (tertiary/aromatic N) is 1. The van der Waals surface area contributed by atoms with Gasteiger partial charge in [-0.3, -0.25) is 4.31 Å². The fourth-order valence-electron chi connectivity index (χ4n) is 2.30. The molecule has 2 aromatic rings. The molecule has 5 nitrogen and oxygen atoms in total. The van der Waals surface area contributed by atoms with E-state index in [1.165, 1.54) is 56.7 Å². The van der Waals surface area contributed by atoms with E-state index in [4.69, 9.17) is 21.1 Å². The first-order valence-electron chi connectivity index (χ1n) is 7.65. The highest BCUT2D eigenvalue weighted by Gasteiger charge is 2.32. The van der Waals surface area contributed by atoms with Gasteiger partial charge >= 0.3 is 6.18 Å². The second kappa shape index (κ2) is 8.26. The average Bonchev–Trinajstić information content (AvgIpc) is 2.61. The Morgan fingerprint density at radius 3 is 2.15 bits per heavy atom. The summed E-state index contributed by atoms with van der Waals surface area (Å²) in [4.78, 5) is -0.169. The van der Waals surface area contributed by atoms with Gasteiger partial charge in [0.2, 0.25) is 0 Å². The van der Waals surface area contributed by atoms with E-state index in [-0.39, 0.29) is 21.4 Å². The molecule has 0 saturated heterocycles. The van der Waals surface area contributed by atoms with E-state index < -0.39 is 29.2 Å². The molecule has 0 unspecified atom stereocenters. The van der Waals surface area contributed by atoms with Gasteiger partial charge in [-0.2, -0.15) is 13.2 Å². The molecule has 0 N–H and O–H groups in total. The van der Waals surface area contributed by atoms with Crippen molar-refractivity contribution in [2.75, 3.05) is 25.1 Å². The summed E-state index contributed by atoms with van der Waals surface area (Å²) in [5, 5.41) is 0.0805. The minimum absolute atomic E-state index is 0.000804. The maximum absolute atomic E-state index is 13.0. The monoisotopic (exact) mass is 423 g/mol. The van der Waals surface area contributed by atoms with Crippen LogP contribution in [-0.2, 0) is 10.0 Å². The SMILES string of the molecule is COc1ccc(S(=O)(=O)N(CCC(F)(F)F)c2ccc(OC)c(Cl)c2)cc1. The van der Waals surface area contributed by atoms with Crippen molar-refractivity contribution in [3.8, 4) is 11.5 Å². The van der Waals surface area contributed by atoms with Gasteiger partial charge in [0.15, 0.2) is 0 Å². The zero-order valence-corrected chi connectivity index (χ0v) is 16.0. The van der Waals surface area contributed by atoms with E-state index in [9.17, 15) is 21.6 Å². The van der Waals surface area contributed by atoms with Crippen LogP contribution < -0.4 is 13.8 Å². The zero-order chi connectivity index (χ0) is 20.2. The van der Waals surface area contributed by atoms with Gasteiger partial charge in [-0.1, -0.05) is 11.6 Å². The van der Waals surface area contributed by atoms with Crippen LogP contribution in [0.2, 0.25) is 5.02 Å². The number of rotatable bonds is 7. The Bertz CT molecular complexity index is 886. The van der Waals surface area contributed by atoms with Crippen molar-refractivity contribution in [1.82, 2.24) is 0 Å². The highest BCUT2D eigenvalue weighted by atomic mass is 35.5. The van der Waals surface area contributed by atoms with Crippen LogP contribution in [0.3, 0.4) is 0 Å². The summed E-state index contributed by atoms with van der Waals surface area (Å²) < 4.78 is 74.8. The Labute approximate surface area is 160 Å². The summed E-state index contributed by atoms with van der Waals surface area (Å²) in [7, 11) is -1.47. The van der Waals surface area contributed by atoms with E-state index in [2.05, 4.69) is 0 Å². The number of sulfonamides is 1. The van der Waals surface area contributed by atoms with Gasteiger partial charge in [-0.15, -0.1) is 0 Å². The maximum atomic E-state index is 13.0. The fraction of sp³-hybridized carbons (Fsp3) is 0.294. The van der Waals surface area contributed by atoms with E-state index in [1.807, 2.05) is 0 Å². The number of ether oxygens (including phenoxy) is 2. The highest BCUT2D eigenvalue weighted by Crippen LogP contribution is 2.33. The Morgan fingerprint density at radius 1 is 1.04 bits per heavy atom. The summed E-state index contributed by atoms with van der Waals surface area (Å²) in [6.07, 6.45) is -5.84. The number of methoxy groups -OCH3 is 2. The van der Waals surface area contributed by atoms with Gasteiger partial charge in [-0.25, -0.2) is 8.42 Å². The second-order valence-corrected chi connectivity index (χ2v) is 7.71. The quantitative estimate of drug-likeness (QED) is 0.657. The highest BCUT2D eigenvalue weighted by molar-refractivity contribution is 7.92. The Kier molecular flexibility index (Phi) is 6.48. The zero-order valence-electron chi connectivity index (χ0n) is 14.5. The summed E-state index contributed by atoms with van der Waals surface area (Å²) in [5.41, 5.74) is 0.000804. The lowest BCUT2D eigenvalue weighted by atomic mass is 10.3. The van der Waals surface area contributed by atoms with Gasteiger partial charge in [0.25, 0.3) is 10.0 Å². The first-order chi connectivity index (χ1) is 12.6. The summed E-state index contributed by atoms with van der Waals surface area (Å²) in [5.74, 6) is 0.696. The summed E-state index contributed by atoms with van der Waals surface area (Å²) in [6.45, 7) is -0.791. The molecular formula is C17H17ClF3NO4S. The molecule has 2 rings (SSSR count). The van der Waals surface area contributed by atoms with Crippen LogP contribution in [-0.4, -0.2) is 35.4 Å². The van der Waals surface area contributed by atoms with Crippen molar-refractivity contribution in [1.29, 1.82) is 0 Å². The second-order valence-electron chi connectivity index (χ2n) is 5.44. The minimum Gasteiger partial charge on any atom is -0.497 e. The molecule has 0 atom stereocenters. The molecule has 0 aliphatic heterocycles. The molecule has 0 amide bonds. The van der Waals surface area contributed by atoms with E-state index in [1.54, 1.807) is 0 Å². The van der Waals surface area contributed by atoms with Crippen LogP contribution in [0.4, 0.5) is 18.9 Å². The third-order valence-corrected chi connectivity index (χ3v) is 5.81. The number of alkyl halides is 3. The predicted molar refractivity (Wildman–Crippen MR) is 96.2 cm³/mol. The van der Waals surface area contributed by atoms with Crippen molar-refractivity contribution in [3.05, 3.63) is 47.5 Å². The summed E-state index contributed by atoms with van der Waals surface area (Å²) in [6, 6.07) is 9.33. The molecule has 2 aromatic carbocycles. The van der Waals surface area contributed by atoms with Crippen molar-refractivity contribution in [2.24, 2.45) is 0 Å². The van der Waals surface area contributed by atoms with Crippen LogP contribution in [0, 0.1) is 0 Å². The molecule has 0 heterocycles. The van der Waals surface area contributed by atoms with Crippen molar-refractivity contribution >= 4 is 27.3 Å². The lowest BCUT2D eigenvalue weighted by Crippen LogP contribution is -2.34. The van der Waals surface area contributed by atoms with Crippen LogP contribution in [0.1, 0.15) is 6.42 Å². The van der Waals surface area contributed by atoms with Crippen LogP contribution in [0.5, 0.6) is 11.5 Å². The molecular weight excluding hydrogens is 407 g/mol. The first kappa shape index (κ1) is 21.2. The standard InChI is InChI=1S/C17H17ClF3NO4S/c1-25-13-4-6-14(7-5-13)27(23,24)22(10-9-17(19,20)21)12-3-8-16(26-2)15(18)11-12/h3-8,11H,9-10H2,1-2H3. The Morgan fingerprint density at radius 2 is 1.67 bits per heavy atom. The average molecular weight is 424 g/mol. The molecule has 27 heavy (non-hydrogen) atoms. The minimum atomic E-state index is -4.52. The largest absolute Gasteiger partial charge is 0.497 e. The molecule has 0 fully saturated rings. The van der Waals surface area contributed by atoms with Gasteiger partial charge in [0.05, 0.1) is 36.2 Å². The van der Waals surface area contributed by atoms with E-state index in [0.717, 1.165) is 0 Å². The van der Waals surface area contributed by atoms with Crippen LogP contribution >= 0.6 is 11.6 Å².